The maximum absolute atomic E-state index is 12.2. The number of thiazole rings is 1. The molecule has 3 aromatic rings. The predicted molar refractivity (Wildman–Crippen MR) is 86.0 cm³/mol. The number of amides is 1. The van der Waals surface area contributed by atoms with Crippen LogP contribution in [-0.2, 0) is 4.74 Å². The molecular formula is C14H11N3O4S2. The second-order valence-corrected chi connectivity index (χ2v) is 6.38. The number of nitrogens with one attached hydrogen (secondary N) is 1. The molecule has 1 amide bonds. The average molecular weight is 349 g/mol. The maximum atomic E-state index is 12.2. The summed E-state index contributed by atoms with van der Waals surface area (Å²) >= 11 is 2.53. The lowest BCUT2D eigenvalue weighted by Crippen LogP contribution is -2.11. The molecule has 7 nitrogen and oxygen atoms in total. The van der Waals surface area contributed by atoms with Crippen LogP contribution in [0.2, 0.25) is 0 Å². The Kier molecular flexibility index (Phi) is 4.22. The third kappa shape index (κ3) is 3.15. The number of thiophene rings is 1. The van der Waals surface area contributed by atoms with E-state index < -0.39 is 11.9 Å². The van der Waals surface area contributed by atoms with Gasteiger partial charge >= 0.3 is 5.97 Å². The zero-order chi connectivity index (χ0) is 16.4. The third-order valence-corrected chi connectivity index (χ3v) is 4.83. The fourth-order valence-corrected chi connectivity index (χ4v) is 3.36. The SMILES string of the molecule is COC(=O)c1sc(NC(=O)c2cc(-c3cccs3)on2)nc1C. The first-order valence-corrected chi connectivity index (χ1v) is 8.16. The van der Waals surface area contributed by atoms with Gasteiger partial charge < -0.3 is 9.26 Å². The number of methoxy groups -OCH3 is 1. The number of anilines is 1. The zero-order valence-corrected chi connectivity index (χ0v) is 13.8. The van der Waals surface area contributed by atoms with Crippen LogP contribution in [0.4, 0.5) is 5.13 Å². The zero-order valence-electron chi connectivity index (χ0n) is 12.2. The van der Waals surface area contributed by atoms with E-state index in [0.29, 0.717) is 21.5 Å². The first-order chi connectivity index (χ1) is 11.1. The number of hydrogen-bond acceptors (Lipinski definition) is 8. The van der Waals surface area contributed by atoms with Gasteiger partial charge in [-0.05, 0) is 18.4 Å². The maximum Gasteiger partial charge on any atom is 0.350 e. The van der Waals surface area contributed by atoms with Crippen LogP contribution in [0.1, 0.15) is 25.9 Å². The molecular weight excluding hydrogens is 338 g/mol. The number of esters is 1. The van der Waals surface area contributed by atoms with Gasteiger partial charge in [0.05, 0.1) is 17.7 Å². The van der Waals surface area contributed by atoms with E-state index in [1.54, 1.807) is 13.0 Å². The molecule has 0 aromatic carbocycles. The molecule has 23 heavy (non-hydrogen) atoms. The Morgan fingerprint density at radius 3 is 2.91 bits per heavy atom. The van der Waals surface area contributed by atoms with Crippen molar-refractivity contribution in [2.75, 3.05) is 12.4 Å². The molecule has 0 aliphatic rings. The van der Waals surface area contributed by atoms with Gasteiger partial charge in [0, 0.05) is 6.07 Å². The Hall–Kier alpha value is -2.52. The summed E-state index contributed by atoms with van der Waals surface area (Å²) in [7, 11) is 1.29. The second-order valence-electron chi connectivity index (χ2n) is 4.43. The Bertz CT molecular complexity index is 851. The van der Waals surface area contributed by atoms with Crippen molar-refractivity contribution in [2.24, 2.45) is 0 Å². The fraction of sp³-hybridized carbons (Fsp3) is 0.143. The van der Waals surface area contributed by atoms with Crippen molar-refractivity contribution in [2.45, 2.75) is 6.92 Å². The van der Waals surface area contributed by atoms with Gasteiger partial charge in [0.15, 0.2) is 16.6 Å². The summed E-state index contributed by atoms with van der Waals surface area (Å²) in [5.41, 5.74) is 0.637. The summed E-state index contributed by atoms with van der Waals surface area (Å²) in [6.45, 7) is 1.67. The molecule has 0 saturated carbocycles. The van der Waals surface area contributed by atoms with Crippen LogP contribution < -0.4 is 5.32 Å². The number of rotatable bonds is 4. The number of hydrogen-bond donors (Lipinski definition) is 1. The van der Waals surface area contributed by atoms with Crippen LogP contribution in [0.3, 0.4) is 0 Å². The topological polar surface area (TPSA) is 94.3 Å². The first kappa shape index (κ1) is 15.4. The monoisotopic (exact) mass is 349 g/mol. The van der Waals surface area contributed by atoms with Crippen molar-refractivity contribution < 1.29 is 18.8 Å². The molecule has 0 saturated heterocycles. The standard InChI is InChI=1S/C14H11N3O4S2/c1-7-11(13(19)20-2)23-14(15-7)16-12(18)8-6-9(21-17-8)10-4-3-5-22-10/h3-6H,1-2H3,(H,15,16,18). The number of aromatic nitrogens is 2. The molecule has 0 aliphatic carbocycles. The molecule has 0 aliphatic heterocycles. The predicted octanol–water partition coefficient (Wildman–Crippen LogP) is 3.21. The van der Waals surface area contributed by atoms with Crippen molar-refractivity contribution in [3.8, 4) is 10.6 Å². The van der Waals surface area contributed by atoms with E-state index in [-0.39, 0.29) is 5.69 Å². The molecule has 9 heteroatoms. The number of aryl methyl sites for hydroxylation is 1. The van der Waals surface area contributed by atoms with Crippen LogP contribution in [0.5, 0.6) is 0 Å². The normalized spacial score (nSPS) is 10.5. The summed E-state index contributed by atoms with van der Waals surface area (Å²) < 4.78 is 9.82. The molecule has 0 fully saturated rings. The van der Waals surface area contributed by atoms with Crippen LogP contribution in [0, 0.1) is 6.92 Å². The number of carbonyl (C=O) groups excluding carboxylic acids is 2. The highest BCUT2D eigenvalue weighted by molar-refractivity contribution is 7.17. The molecule has 1 N–H and O–H groups in total. The first-order valence-electron chi connectivity index (χ1n) is 6.46. The number of carbonyl (C=O) groups is 2. The minimum absolute atomic E-state index is 0.140. The Morgan fingerprint density at radius 2 is 2.22 bits per heavy atom. The van der Waals surface area contributed by atoms with Gasteiger partial charge in [-0.3, -0.25) is 10.1 Å². The van der Waals surface area contributed by atoms with Crippen LogP contribution in [0.15, 0.2) is 28.1 Å². The average Bonchev–Trinajstić information content (AvgIpc) is 3.26. The van der Waals surface area contributed by atoms with Crippen LogP contribution >= 0.6 is 22.7 Å². The summed E-state index contributed by atoms with van der Waals surface area (Å²) in [6.07, 6.45) is 0. The van der Waals surface area contributed by atoms with E-state index in [4.69, 9.17) is 4.52 Å². The number of nitrogens with zero attached hydrogens (tertiary/aromatic N) is 2. The second kappa shape index (κ2) is 6.31. The van der Waals surface area contributed by atoms with Gasteiger partial charge in [-0.15, -0.1) is 11.3 Å². The van der Waals surface area contributed by atoms with E-state index >= 15 is 0 Å². The molecule has 0 bridgehead atoms. The minimum atomic E-state index is -0.484. The minimum Gasteiger partial charge on any atom is -0.465 e. The molecule has 0 spiro atoms. The van der Waals surface area contributed by atoms with Crippen LogP contribution in [0.25, 0.3) is 10.6 Å². The lowest BCUT2D eigenvalue weighted by atomic mass is 10.3. The van der Waals surface area contributed by atoms with Crippen LogP contribution in [-0.4, -0.2) is 29.1 Å². The number of ether oxygens (including phenoxy) is 1. The highest BCUT2D eigenvalue weighted by Crippen LogP contribution is 2.26. The van der Waals surface area contributed by atoms with Crippen molar-refractivity contribution >= 4 is 39.7 Å². The van der Waals surface area contributed by atoms with E-state index in [1.807, 2.05) is 17.5 Å². The lowest BCUT2D eigenvalue weighted by molar-refractivity contribution is 0.0605. The third-order valence-electron chi connectivity index (χ3n) is 2.89. The summed E-state index contributed by atoms with van der Waals surface area (Å²) in [4.78, 5) is 29.1. The lowest BCUT2D eigenvalue weighted by Gasteiger charge is -1.96. The highest BCUT2D eigenvalue weighted by atomic mass is 32.1. The van der Waals surface area contributed by atoms with E-state index in [1.165, 1.54) is 18.4 Å². The molecule has 0 unspecified atom stereocenters. The highest BCUT2D eigenvalue weighted by Gasteiger charge is 2.19. The van der Waals surface area contributed by atoms with E-state index in [0.717, 1.165) is 16.2 Å². The van der Waals surface area contributed by atoms with Crippen molar-refractivity contribution in [3.05, 3.63) is 39.8 Å². The van der Waals surface area contributed by atoms with E-state index in [2.05, 4.69) is 20.2 Å². The van der Waals surface area contributed by atoms with Gasteiger partial charge in [-0.1, -0.05) is 22.6 Å². The van der Waals surface area contributed by atoms with Gasteiger partial charge in [-0.25, -0.2) is 9.78 Å². The molecule has 118 valence electrons. The summed E-state index contributed by atoms with van der Waals surface area (Å²) in [5, 5.41) is 8.56. The van der Waals surface area contributed by atoms with Gasteiger partial charge in [-0.2, -0.15) is 0 Å². The quantitative estimate of drug-likeness (QED) is 0.727. The Labute approximate surface area is 138 Å². The van der Waals surface area contributed by atoms with Crippen molar-refractivity contribution in [1.82, 2.24) is 10.1 Å². The van der Waals surface area contributed by atoms with E-state index in [9.17, 15) is 9.59 Å². The molecule has 0 radical (unpaired) electrons. The molecule has 0 atom stereocenters. The van der Waals surface area contributed by atoms with Gasteiger partial charge in [0.2, 0.25) is 0 Å². The Morgan fingerprint density at radius 1 is 1.39 bits per heavy atom. The van der Waals surface area contributed by atoms with Gasteiger partial charge in [0.25, 0.3) is 5.91 Å². The summed E-state index contributed by atoms with van der Waals surface area (Å²) in [5.74, 6) is -0.417. The van der Waals surface area contributed by atoms with Gasteiger partial charge in [0.1, 0.15) is 4.88 Å². The largest absolute Gasteiger partial charge is 0.465 e. The molecule has 3 heterocycles. The molecule has 3 rings (SSSR count). The molecule has 3 aromatic heterocycles. The van der Waals surface area contributed by atoms with Crippen molar-refractivity contribution in [1.29, 1.82) is 0 Å². The smallest absolute Gasteiger partial charge is 0.350 e. The van der Waals surface area contributed by atoms with Crippen molar-refractivity contribution in [3.63, 3.8) is 0 Å². The Balaban J connectivity index is 1.76. The summed E-state index contributed by atoms with van der Waals surface area (Å²) in [6, 6.07) is 5.32. The fourth-order valence-electron chi connectivity index (χ4n) is 1.81.